The van der Waals surface area contributed by atoms with Crippen LogP contribution < -0.4 is 5.73 Å². The van der Waals surface area contributed by atoms with E-state index in [4.69, 9.17) is 17.3 Å². The minimum absolute atomic E-state index is 0.0214. The van der Waals surface area contributed by atoms with Crippen LogP contribution in [0.3, 0.4) is 0 Å². The summed E-state index contributed by atoms with van der Waals surface area (Å²) in [4.78, 5) is 0.656. The Kier molecular flexibility index (Phi) is 3.69. The predicted molar refractivity (Wildman–Crippen MR) is 73.6 cm³/mol. The summed E-state index contributed by atoms with van der Waals surface area (Å²) in [6, 6.07) is 8.47. The minimum Gasteiger partial charge on any atom is -0.399 e. The van der Waals surface area contributed by atoms with Gasteiger partial charge in [0.25, 0.3) is 0 Å². The van der Waals surface area contributed by atoms with Gasteiger partial charge >= 0.3 is 6.18 Å². The van der Waals surface area contributed by atoms with Gasteiger partial charge in [0.15, 0.2) is 0 Å². The number of nitrogens with two attached hydrogens (primary N) is 1. The summed E-state index contributed by atoms with van der Waals surface area (Å²) in [6.45, 7) is 0. The molecule has 0 saturated carbocycles. The highest BCUT2D eigenvalue weighted by Crippen LogP contribution is 2.42. The maximum absolute atomic E-state index is 13.0. The Morgan fingerprint density at radius 2 is 1.63 bits per heavy atom. The zero-order chi connectivity index (χ0) is 14.2. The average molecular weight is 304 g/mol. The quantitative estimate of drug-likeness (QED) is 0.569. The van der Waals surface area contributed by atoms with Gasteiger partial charge in [0.05, 0.1) is 10.6 Å². The highest BCUT2D eigenvalue weighted by atomic mass is 35.5. The SMILES string of the molecule is Nc1cc(Cl)c(-c2ccc(S)cc2)c(C(F)(F)F)c1. The third-order valence-corrected chi connectivity index (χ3v) is 3.17. The molecule has 0 saturated heterocycles. The summed E-state index contributed by atoms with van der Waals surface area (Å²) in [5, 5.41) is -0.0285. The van der Waals surface area contributed by atoms with E-state index in [0.29, 0.717) is 10.5 Å². The maximum atomic E-state index is 13.0. The number of hydrogen-bond donors (Lipinski definition) is 2. The van der Waals surface area contributed by atoms with Crippen molar-refractivity contribution in [1.82, 2.24) is 0 Å². The Balaban J connectivity index is 2.71. The number of thiol groups is 1. The fourth-order valence-electron chi connectivity index (χ4n) is 1.77. The second-order valence-electron chi connectivity index (χ2n) is 3.97. The number of alkyl halides is 3. The highest BCUT2D eigenvalue weighted by molar-refractivity contribution is 7.80. The Morgan fingerprint density at radius 1 is 1.05 bits per heavy atom. The number of anilines is 1. The number of benzene rings is 2. The van der Waals surface area contributed by atoms with E-state index in [1.807, 2.05) is 0 Å². The van der Waals surface area contributed by atoms with Crippen LogP contribution in [0.15, 0.2) is 41.3 Å². The molecule has 1 nitrogen and oxygen atoms in total. The molecular formula is C13H9ClF3NS. The monoisotopic (exact) mass is 303 g/mol. The van der Waals surface area contributed by atoms with E-state index in [0.717, 1.165) is 6.07 Å². The van der Waals surface area contributed by atoms with Gasteiger partial charge in [-0.05, 0) is 29.8 Å². The van der Waals surface area contributed by atoms with Crippen molar-refractivity contribution < 1.29 is 13.2 Å². The standard InChI is InChI=1S/C13H9ClF3NS/c14-11-6-8(18)5-10(13(15,16)17)12(11)7-1-3-9(19)4-2-7/h1-6,19H,18H2. The van der Waals surface area contributed by atoms with Crippen molar-refractivity contribution in [2.45, 2.75) is 11.1 Å². The fraction of sp³-hybridized carbons (Fsp3) is 0.0769. The lowest BCUT2D eigenvalue weighted by Crippen LogP contribution is -2.08. The van der Waals surface area contributed by atoms with Gasteiger partial charge in [0.1, 0.15) is 0 Å². The summed E-state index contributed by atoms with van der Waals surface area (Å²) < 4.78 is 39.1. The number of rotatable bonds is 1. The Hall–Kier alpha value is -1.33. The van der Waals surface area contributed by atoms with Gasteiger partial charge in [-0.3, -0.25) is 0 Å². The molecule has 0 amide bonds. The molecule has 2 aromatic rings. The van der Waals surface area contributed by atoms with Crippen LogP contribution >= 0.6 is 24.2 Å². The van der Waals surface area contributed by atoms with Crippen LogP contribution in [0.25, 0.3) is 11.1 Å². The van der Waals surface area contributed by atoms with Gasteiger partial charge in [-0.1, -0.05) is 23.7 Å². The molecular weight excluding hydrogens is 295 g/mol. The molecule has 0 spiro atoms. The lowest BCUT2D eigenvalue weighted by atomic mass is 9.98. The molecule has 2 N–H and O–H groups in total. The average Bonchev–Trinajstić information content (AvgIpc) is 2.28. The van der Waals surface area contributed by atoms with Crippen LogP contribution in [-0.2, 0) is 6.18 Å². The molecule has 2 rings (SSSR count). The summed E-state index contributed by atoms with van der Waals surface area (Å²) in [5.74, 6) is 0. The van der Waals surface area contributed by atoms with Crippen molar-refractivity contribution in [2.24, 2.45) is 0 Å². The van der Waals surface area contributed by atoms with Crippen molar-refractivity contribution in [2.75, 3.05) is 5.73 Å². The third-order valence-electron chi connectivity index (χ3n) is 2.57. The lowest BCUT2D eigenvalue weighted by Gasteiger charge is -2.15. The minimum atomic E-state index is -4.52. The van der Waals surface area contributed by atoms with Crippen LogP contribution in [0.1, 0.15) is 5.56 Å². The van der Waals surface area contributed by atoms with Crippen molar-refractivity contribution in [3.63, 3.8) is 0 Å². The molecule has 100 valence electrons. The lowest BCUT2D eigenvalue weighted by molar-refractivity contribution is -0.137. The molecule has 0 atom stereocenters. The molecule has 0 fully saturated rings. The van der Waals surface area contributed by atoms with Gasteiger partial charge in [0, 0.05) is 16.1 Å². The second-order valence-corrected chi connectivity index (χ2v) is 4.89. The number of hydrogen-bond acceptors (Lipinski definition) is 2. The molecule has 0 aromatic heterocycles. The summed E-state index contributed by atoms with van der Waals surface area (Å²) >= 11 is 10.0. The van der Waals surface area contributed by atoms with Gasteiger partial charge in [-0.15, -0.1) is 12.6 Å². The van der Waals surface area contributed by atoms with E-state index >= 15 is 0 Å². The van der Waals surface area contributed by atoms with E-state index in [-0.39, 0.29) is 16.3 Å². The first-order valence-electron chi connectivity index (χ1n) is 5.24. The summed E-state index contributed by atoms with van der Waals surface area (Å²) in [7, 11) is 0. The zero-order valence-electron chi connectivity index (χ0n) is 9.50. The largest absolute Gasteiger partial charge is 0.417 e. The van der Waals surface area contributed by atoms with Gasteiger partial charge in [-0.25, -0.2) is 0 Å². The van der Waals surface area contributed by atoms with Crippen molar-refractivity contribution in [3.05, 3.63) is 47.0 Å². The molecule has 19 heavy (non-hydrogen) atoms. The van der Waals surface area contributed by atoms with Crippen LogP contribution in [0.5, 0.6) is 0 Å². The number of halogens is 4. The molecule has 6 heteroatoms. The van der Waals surface area contributed by atoms with Crippen LogP contribution in [0.2, 0.25) is 5.02 Å². The van der Waals surface area contributed by atoms with E-state index in [1.54, 1.807) is 12.1 Å². The predicted octanol–water partition coefficient (Wildman–Crippen LogP) is 4.90. The molecule has 0 bridgehead atoms. The molecule has 0 aliphatic rings. The Labute approximate surface area is 118 Å². The molecule has 0 unspecified atom stereocenters. The van der Waals surface area contributed by atoms with Crippen molar-refractivity contribution >= 4 is 29.9 Å². The smallest absolute Gasteiger partial charge is 0.399 e. The molecule has 0 heterocycles. The first kappa shape index (κ1) is 14.1. The van der Waals surface area contributed by atoms with E-state index < -0.39 is 11.7 Å². The van der Waals surface area contributed by atoms with E-state index in [1.165, 1.54) is 18.2 Å². The van der Waals surface area contributed by atoms with Crippen molar-refractivity contribution in [3.8, 4) is 11.1 Å². The van der Waals surface area contributed by atoms with Gasteiger partial charge in [-0.2, -0.15) is 13.2 Å². The first-order chi connectivity index (χ1) is 8.79. The molecule has 0 aliphatic carbocycles. The van der Waals surface area contributed by atoms with Crippen LogP contribution in [-0.4, -0.2) is 0 Å². The third kappa shape index (κ3) is 2.98. The van der Waals surface area contributed by atoms with Crippen LogP contribution in [0, 0.1) is 0 Å². The van der Waals surface area contributed by atoms with E-state index in [2.05, 4.69) is 12.6 Å². The van der Waals surface area contributed by atoms with Crippen molar-refractivity contribution in [1.29, 1.82) is 0 Å². The normalized spacial score (nSPS) is 11.6. The molecule has 0 aliphatic heterocycles. The van der Waals surface area contributed by atoms with E-state index in [9.17, 15) is 13.2 Å². The summed E-state index contributed by atoms with van der Waals surface area (Å²) in [5.41, 5.74) is 4.86. The second kappa shape index (κ2) is 4.98. The van der Waals surface area contributed by atoms with Crippen LogP contribution in [0.4, 0.5) is 18.9 Å². The Morgan fingerprint density at radius 3 is 2.16 bits per heavy atom. The molecule has 2 aromatic carbocycles. The maximum Gasteiger partial charge on any atom is 0.417 e. The summed E-state index contributed by atoms with van der Waals surface area (Å²) in [6.07, 6.45) is -4.52. The topological polar surface area (TPSA) is 26.0 Å². The zero-order valence-corrected chi connectivity index (χ0v) is 11.2. The number of nitrogen functional groups attached to an aromatic ring is 1. The highest BCUT2D eigenvalue weighted by Gasteiger charge is 2.35. The fourth-order valence-corrected chi connectivity index (χ4v) is 2.26. The van der Waals surface area contributed by atoms with Gasteiger partial charge in [0.2, 0.25) is 0 Å². The first-order valence-corrected chi connectivity index (χ1v) is 6.07. The van der Waals surface area contributed by atoms with Gasteiger partial charge < -0.3 is 5.73 Å². The molecule has 0 radical (unpaired) electrons. The Bertz CT molecular complexity index is 609.